The number of fused-ring (bicyclic) bond motifs is 2. The van der Waals surface area contributed by atoms with E-state index in [0.717, 1.165) is 36.8 Å². The standard InChI is InChI=1S/C15H15N3O3S2/c19-23(20,9-12-10-5-1-3-7-13(10)21-17-12)18-15-16-11-6-2-4-8-14(11)22-15/h1,3,5,7H,2,4,6,8-9H2,(H,16,18). The van der Waals surface area contributed by atoms with Gasteiger partial charge in [-0.05, 0) is 37.8 Å². The third-order valence-corrected chi connectivity index (χ3v) is 6.23. The van der Waals surface area contributed by atoms with Gasteiger partial charge in [0.25, 0.3) is 0 Å². The molecule has 1 aromatic carbocycles. The number of aromatic nitrogens is 2. The third-order valence-electron chi connectivity index (χ3n) is 3.87. The molecule has 6 nitrogen and oxygen atoms in total. The molecule has 0 fully saturated rings. The topological polar surface area (TPSA) is 85.1 Å². The zero-order chi connectivity index (χ0) is 15.9. The highest BCUT2D eigenvalue weighted by atomic mass is 32.2. The Morgan fingerprint density at radius 3 is 2.91 bits per heavy atom. The van der Waals surface area contributed by atoms with Crippen LogP contribution < -0.4 is 4.72 Å². The van der Waals surface area contributed by atoms with E-state index in [9.17, 15) is 8.42 Å². The summed E-state index contributed by atoms with van der Waals surface area (Å²) in [4.78, 5) is 5.61. The van der Waals surface area contributed by atoms with E-state index < -0.39 is 10.0 Å². The molecule has 3 aromatic rings. The molecule has 2 heterocycles. The molecule has 0 spiro atoms. The van der Waals surface area contributed by atoms with Crippen molar-refractivity contribution in [1.82, 2.24) is 10.1 Å². The number of rotatable bonds is 4. The maximum Gasteiger partial charge on any atom is 0.240 e. The van der Waals surface area contributed by atoms with Gasteiger partial charge in [0.1, 0.15) is 11.4 Å². The summed E-state index contributed by atoms with van der Waals surface area (Å²) in [5.41, 5.74) is 2.03. The normalized spacial score (nSPS) is 14.8. The highest BCUT2D eigenvalue weighted by Gasteiger charge is 2.21. The molecule has 0 aliphatic heterocycles. The van der Waals surface area contributed by atoms with E-state index in [1.807, 2.05) is 12.1 Å². The van der Waals surface area contributed by atoms with Crippen molar-refractivity contribution in [2.75, 3.05) is 4.72 Å². The summed E-state index contributed by atoms with van der Waals surface area (Å²) in [7, 11) is -3.57. The summed E-state index contributed by atoms with van der Waals surface area (Å²) in [6, 6.07) is 7.22. The van der Waals surface area contributed by atoms with Crippen molar-refractivity contribution >= 4 is 37.5 Å². The molecule has 0 radical (unpaired) electrons. The van der Waals surface area contributed by atoms with Gasteiger partial charge in [0.15, 0.2) is 10.7 Å². The molecule has 0 bridgehead atoms. The van der Waals surface area contributed by atoms with Crippen LogP contribution in [0, 0.1) is 0 Å². The fourth-order valence-electron chi connectivity index (χ4n) is 2.79. The number of anilines is 1. The Bertz CT molecular complexity index is 936. The van der Waals surface area contributed by atoms with E-state index in [-0.39, 0.29) is 5.75 Å². The lowest BCUT2D eigenvalue weighted by molar-refractivity contribution is 0.448. The van der Waals surface area contributed by atoms with Crippen LogP contribution in [0.25, 0.3) is 11.0 Å². The van der Waals surface area contributed by atoms with Crippen LogP contribution in [0.5, 0.6) is 0 Å². The van der Waals surface area contributed by atoms with Crippen LogP contribution in [0.3, 0.4) is 0 Å². The van der Waals surface area contributed by atoms with Gasteiger partial charge in [0.2, 0.25) is 10.0 Å². The predicted octanol–water partition coefficient (Wildman–Crippen LogP) is 3.11. The monoisotopic (exact) mass is 349 g/mol. The minimum Gasteiger partial charge on any atom is -0.356 e. The van der Waals surface area contributed by atoms with Crippen molar-refractivity contribution in [3.8, 4) is 0 Å². The predicted molar refractivity (Wildman–Crippen MR) is 89.0 cm³/mol. The second kappa shape index (κ2) is 5.61. The van der Waals surface area contributed by atoms with E-state index in [4.69, 9.17) is 4.52 Å². The Kier molecular flexibility index (Phi) is 3.57. The first-order valence-corrected chi connectivity index (χ1v) is 9.90. The minimum atomic E-state index is -3.57. The second-order valence-corrected chi connectivity index (χ2v) is 8.39. The summed E-state index contributed by atoms with van der Waals surface area (Å²) >= 11 is 1.43. The molecule has 120 valence electrons. The van der Waals surface area contributed by atoms with Crippen LogP contribution in [0.15, 0.2) is 28.8 Å². The first kappa shape index (κ1) is 14.6. The van der Waals surface area contributed by atoms with E-state index in [1.54, 1.807) is 12.1 Å². The van der Waals surface area contributed by atoms with E-state index in [2.05, 4.69) is 14.9 Å². The van der Waals surface area contributed by atoms with Gasteiger partial charge in [-0.3, -0.25) is 4.72 Å². The molecule has 8 heteroatoms. The van der Waals surface area contributed by atoms with Crippen LogP contribution >= 0.6 is 11.3 Å². The quantitative estimate of drug-likeness (QED) is 0.782. The van der Waals surface area contributed by atoms with Crippen LogP contribution in [0.1, 0.15) is 29.1 Å². The SMILES string of the molecule is O=S(=O)(Cc1noc2ccccc12)Nc1nc2c(s1)CCCC2. The maximum absolute atomic E-state index is 12.4. The number of nitrogens with zero attached hydrogens (tertiary/aromatic N) is 2. The molecule has 4 rings (SSSR count). The summed E-state index contributed by atoms with van der Waals surface area (Å²) in [5.74, 6) is -0.228. The summed E-state index contributed by atoms with van der Waals surface area (Å²) < 4.78 is 32.5. The molecule has 1 aliphatic carbocycles. The molecule has 1 N–H and O–H groups in total. The first-order valence-electron chi connectivity index (χ1n) is 7.43. The Morgan fingerprint density at radius 1 is 1.22 bits per heavy atom. The van der Waals surface area contributed by atoms with Gasteiger partial charge >= 0.3 is 0 Å². The Morgan fingerprint density at radius 2 is 2.04 bits per heavy atom. The van der Waals surface area contributed by atoms with Gasteiger partial charge in [-0.15, -0.1) is 11.3 Å². The number of hydrogen-bond donors (Lipinski definition) is 1. The lowest BCUT2D eigenvalue weighted by Gasteiger charge is -2.06. The number of thiazole rings is 1. The first-order chi connectivity index (χ1) is 11.1. The highest BCUT2D eigenvalue weighted by molar-refractivity contribution is 7.92. The van der Waals surface area contributed by atoms with Crippen molar-refractivity contribution in [3.05, 3.63) is 40.5 Å². The molecule has 0 unspecified atom stereocenters. The lowest BCUT2D eigenvalue weighted by atomic mass is 10.0. The number of aryl methyl sites for hydroxylation is 2. The fourth-order valence-corrected chi connectivity index (χ4v) is 5.19. The smallest absolute Gasteiger partial charge is 0.240 e. The van der Waals surface area contributed by atoms with Crippen molar-refractivity contribution in [3.63, 3.8) is 0 Å². The number of hydrogen-bond acceptors (Lipinski definition) is 6. The largest absolute Gasteiger partial charge is 0.356 e. The Balaban J connectivity index is 1.57. The Hall–Kier alpha value is -1.93. The van der Waals surface area contributed by atoms with Gasteiger partial charge < -0.3 is 4.52 Å². The Labute approximate surface area is 137 Å². The summed E-state index contributed by atoms with van der Waals surface area (Å²) in [6.07, 6.45) is 4.18. The average molecular weight is 349 g/mol. The summed E-state index contributed by atoms with van der Waals surface area (Å²) in [6.45, 7) is 0. The van der Waals surface area contributed by atoms with Crippen LogP contribution in [-0.2, 0) is 28.6 Å². The van der Waals surface area contributed by atoms with Crippen molar-refractivity contribution in [2.24, 2.45) is 0 Å². The van der Waals surface area contributed by atoms with E-state index in [1.165, 1.54) is 16.2 Å². The van der Waals surface area contributed by atoms with Gasteiger partial charge in [-0.2, -0.15) is 0 Å². The second-order valence-electron chi connectivity index (χ2n) is 5.58. The maximum atomic E-state index is 12.4. The fraction of sp³-hybridized carbons (Fsp3) is 0.333. The van der Waals surface area contributed by atoms with E-state index in [0.29, 0.717) is 16.4 Å². The molecular weight excluding hydrogens is 334 g/mol. The number of para-hydroxylation sites is 1. The van der Waals surface area contributed by atoms with Gasteiger partial charge in [0, 0.05) is 10.3 Å². The van der Waals surface area contributed by atoms with Crippen molar-refractivity contribution < 1.29 is 12.9 Å². The van der Waals surface area contributed by atoms with E-state index >= 15 is 0 Å². The van der Waals surface area contributed by atoms with Gasteiger partial charge in [0.05, 0.1) is 5.69 Å². The highest BCUT2D eigenvalue weighted by Crippen LogP contribution is 2.30. The van der Waals surface area contributed by atoms with Crippen molar-refractivity contribution in [1.29, 1.82) is 0 Å². The molecule has 0 saturated carbocycles. The number of benzene rings is 1. The van der Waals surface area contributed by atoms with Gasteiger partial charge in [-0.25, -0.2) is 13.4 Å². The molecule has 2 aromatic heterocycles. The molecule has 1 aliphatic rings. The molecule has 23 heavy (non-hydrogen) atoms. The molecular formula is C15H15N3O3S2. The zero-order valence-corrected chi connectivity index (χ0v) is 13.9. The summed E-state index contributed by atoms with van der Waals surface area (Å²) in [5, 5.41) is 5.04. The number of sulfonamides is 1. The van der Waals surface area contributed by atoms with Crippen LogP contribution in [0.4, 0.5) is 5.13 Å². The van der Waals surface area contributed by atoms with Crippen LogP contribution in [-0.4, -0.2) is 18.6 Å². The average Bonchev–Trinajstić information content (AvgIpc) is 3.10. The molecule has 0 amide bonds. The van der Waals surface area contributed by atoms with Crippen LogP contribution in [0.2, 0.25) is 0 Å². The molecule has 0 saturated heterocycles. The molecule has 0 atom stereocenters. The minimum absolute atomic E-state index is 0.228. The number of nitrogens with one attached hydrogen (secondary N) is 1. The van der Waals surface area contributed by atoms with Crippen molar-refractivity contribution in [2.45, 2.75) is 31.4 Å². The zero-order valence-electron chi connectivity index (χ0n) is 12.3. The lowest BCUT2D eigenvalue weighted by Crippen LogP contribution is -2.15. The third kappa shape index (κ3) is 2.96. The van der Waals surface area contributed by atoms with Gasteiger partial charge in [-0.1, -0.05) is 17.3 Å².